The van der Waals surface area contributed by atoms with E-state index in [0.717, 1.165) is 4.90 Å². The van der Waals surface area contributed by atoms with E-state index in [1.54, 1.807) is 0 Å². The van der Waals surface area contributed by atoms with Crippen LogP contribution in [0.4, 0.5) is 5.69 Å². The average molecular weight is 272 g/mol. The lowest BCUT2D eigenvalue weighted by Gasteiger charge is -2.03. The Balaban J connectivity index is 1.89. The summed E-state index contributed by atoms with van der Waals surface area (Å²) in [4.78, 5) is 36.3. The number of hydrogen-bond donors (Lipinski definition) is 2. The van der Waals surface area contributed by atoms with Crippen molar-refractivity contribution in [2.24, 2.45) is 0 Å². The molecular formula is C11H8N6O3. The van der Waals surface area contributed by atoms with Gasteiger partial charge in [-0.15, -0.1) is 10.2 Å². The van der Waals surface area contributed by atoms with Gasteiger partial charge in [-0.2, -0.15) is 5.21 Å². The largest absolute Gasteiger partial charge is 0.319 e. The van der Waals surface area contributed by atoms with Crippen LogP contribution in [0.5, 0.6) is 0 Å². The molecule has 1 aliphatic rings. The second kappa shape index (κ2) is 4.23. The molecule has 0 unspecified atom stereocenters. The van der Waals surface area contributed by atoms with Gasteiger partial charge in [0.05, 0.1) is 11.1 Å². The second-order valence-corrected chi connectivity index (χ2v) is 4.12. The molecule has 0 fully saturated rings. The van der Waals surface area contributed by atoms with Gasteiger partial charge in [0.1, 0.15) is 0 Å². The normalized spacial score (nSPS) is 13.6. The fourth-order valence-corrected chi connectivity index (χ4v) is 1.88. The van der Waals surface area contributed by atoms with Crippen LogP contribution >= 0.6 is 0 Å². The molecule has 9 nitrogen and oxygen atoms in total. The quantitative estimate of drug-likeness (QED) is 0.722. The lowest BCUT2D eigenvalue weighted by molar-refractivity contribution is 0.0692. The zero-order valence-corrected chi connectivity index (χ0v) is 10.2. The van der Waals surface area contributed by atoms with E-state index in [-0.39, 0.29) is 17.3 Å². The summed E-state index contributed by atoms with van der Waals surface area (Å²) in [6, 6.07) is 4.46. The predicted octanol–water partition coefficient (Wildman–Crippen LogP) is -0.322. The molecule has 0 bridgehead atoms. The number of aromatic amines is 1. The van der Waals surface area contributed by atoms with Crippen molar-refractivity contribution in [1.29, 1.82) is 0 Å². The van der Waals surface area contributed by atoms with Crippen molar-refractivity contribution in [3.8, 4) is 0 Å². The number of rotatable bonds is 2. The van der Waals surface area contributed by atoms with Crippen LogP contribution in [0.15, 0.2) is 18.2 Å². The van der Waals surface area contributed by atoms with Crippen LogP contribution in [-0.4, -0.2) is 50.3 Å². The SMILES string of the molecule is CN1C(=O)c2ccc(NC(=O)c3nn[nH]n3)cc2C1=O. The van der Waals surface area contributed by atoms with E-state index in [0.29, 0.717) is 11.3 Å². The first-order valence-corrected chi connectivity index (χ1v) is 5.59. The number of nitrogens with one attached hydrogen (secondary N) is 2. The first-order valence-electron chi connectivity index (χ1n) is 5.59. The molecule has 1 aromatic heterocycles. The summed E-state index contributed by atoms with van der Waals surface area (Å²) in [7, 11) is 1.40. The van der Waals surface area contributed by atoms with Crippen LogP contribution < -0.4 is 5.32 Å². The van der Waals surface area contributed by atoms with E-state index in [1.807, 2.05) is 0 Å². The molecule has 2 heterocycles. The van der Waals surface area contributed by atoms with E-state index >= 15 is 0 Å². The fourth-order valence-electron chi connectivity index (χ4n) is 1.88. The van der Waals surface area contributed by atoms with Crippen LogP contribution in [0.2, 0.25) is 0 Å². The molecule has 2 aromatic rings. The Morgan fingerprint density at radius 1 is 1.25 bits per heavy atom. The summed E-state index contributed by atoms with van der Waals surface area (Å²) in [6.07, 6.45) is 0. The first kappa shape index (κ1) is 12.0. The molecule has 0 radical (unpaired) electrons. The Morgan fingerprint density at radius 2 is 2.00 bits per heavy atom. The molecular weight excluding hydrogens is 264 g/mol. The highest BCUT2D eigenvalue weighted by Crippen LogP contribution is 2.24. The minimum absolute atomic E-state index is 0.120. The number of nitrogens with zero attached hydrogens (tertiary/aromatic N) is 4. The number of fused-ring (bicyclic) bond motifs is 1. The smallest absolute Gasteiger partial charge is 0.297 e. The number of tetrazole rings is 1. The Morgan fingerprint density at radius 3 is 2.70 bits per heavy atom. The Labute approximate surface area is 112 Å². The molecule has 0 saturated heterocycles. The number of carbonyl (C=O) groups is 3. The number of hydrogen-bond acceptors (Lipinski definition) is 6. The minimum Gasteiger partial charge on any atom is -0.319 e. The number of H-pyrrole nitrogens is 1. The number of aromatic nitrogens is 4. The van der Waals surface area contributed by atoms with Gasteiger partial charge in [-0.1, -0.05) is 0 Å². The molecule has 9 heteroatoms. The van der Waals surface area contributed by atoms with Gasteiger partial charge in [0.15, 0.2) is 0 Å². The van der Waals surface area contributed by atoms with Crippen LogP contribution in [0.3, 0.4) is 0 Å². The minimum atomic E-state index is -0.566. The lowest BCUT2D eigenvalue weighted by atomic mass is 10.1. The van der Waals surface area contributed by atoms with Gasteiger partial charge in [-0.3, -0.25) is 19.3 Å². The highest BCUT2D eigenvalue weighted by molar-refractivity contribution is 6.21. The summed E-state index contributed by atoms with van der Waals surface area (Å²) in [5.41, 5.74) is 0.938. The van der Waals surface area contributed by atoms with Gasteiger partial charge in [-0.05, 0) is 23.4 Å². The highest BCUT2D eigenvalue weighted by atomic mass is 16.2. The van der Waals surface area contributed by atoms with E-state index in [4.69, 9.17) is 0 Å². The average Bonchev–Trinajstić information content (AvgIpc) is 3.04. The summed E-state index contributed by atoms with van der Waals surface area (Å²) >= 11 is 0. The number of amides is 3. The number of carbonyl (C=O) groups excluding carboxylic acids is 3. The second-order valence-electron chi connectivity index (χ2n) is 4.12. The summed E-state index contributed by atoms with van der Waals surface area (Å²) in [5.74, 6) is -1.45. The molecule has 1 aromatic carbocycles. The molecule has 3 rings (SSSR count). The van der Waals surface area contributed by atoms with Crippen molar-refractivity contribution in [1.82, 2.24) is 25.5 Å². The predicted molar refractivity (Wildman–Crippen MR) is 65.0 cm³/mol. The van der Waals surface area contributed by atoms with E-state index in [9.17, 15) is 14.4 Å². The molecule has 0 spiro atoms. The number of benzene rings is 1. The monoisotopic (exact) mass is 272 g/mol. The topological polar surface area (TPSA) is 121 Å². The van der Waals surface area contributed by atoms with Gasteiger partial charge in [0, 0.05) is 12.7 Å². The van der Waals surface area contributed by atoms with Crippen LogP contribution in [0.1, 0.15) is 31.3 Å². The van der Waals surface area contributed by atoms with E-state index in [2.05, 4.69) is 25.9 Å². The van der Waals surface area contributed by atoms with Crippen molar-refractivity contribution >= 4 is 23.4 Å². The van der Waals surface area contributed by atoms with E-state index in [1.165, 1.54) is 25.2 Å². The fraction of sp³-hybridized carbons (Fsp3) is 0.0909. The maximum atomic E-state index is 11.8. The van der Waals surface area contributed by atoms with Crippen LogP contribution in [0, 0.1) is 0 Å². The third-order valence-corrected chi connectivity index (χ3v) is 2.90. The molecule has 0 aliphatic carbocycles. The van der Waals surface area contributed by atoms with Gasteiger partial charge < -0.3 is 5.32 Å². The van der Waals surface area contributed by atoms with Crippen LogP contribution in [-0.2, 0) is 0 Å². The maximum Gasteiger partial charge on any atom is 0.297 e. The van der Waals surface area contributed by atoms with Crippen molar-refractivity contribution in [3.05, 3.63) is 35.2 Å². The molecule has 20 heavy (non-hydrogen) atoms. The van der Waals surface area contributed by atoms with Gasteiger partial charge in [0.2, 0.25) is 0 Å². The third-order valence-electron chi connectivity index (χ3n) is 2.90. The van der Waals surface area contributed by atoms with Crippen LogP contribution in [0.25, 0.3) is 0 Å². The lowest BCUT2D eigenvalue weighted by Crippen LogP contribution is -2.24. The molecule has 0 saturated carbocycles. The van der Waals surface area contributed by atoms with Gasteiger partial charge >= 0.3 is 0 Å². The first-order chi connectivity index (χ1) is 9.58. The standard InChI is InChI=1S/C11H8N6O3/c1-17-10(19)6-3-2-5(4-7(6)11(17)20)12-9(18)8-13-15-16-14-8/h2-4H,1H3,(H,12,18)(H,13,14,15,16). The zero-order valence-electron chi connectivity index (χ0n) is 10.2. The summed E-state index contributed by atoms with van der Waals surface area (Å²) < 4.78 is 0. The number of imide groups is 1. The zero-order chi connectivity index (χ0) is 14.3. The maximum absolute atomic E-state index is 11.8. The van der Waals surface area contributed by atoms with Gasteiger partial charge in [-0.25, -0.2) is 0 Å². The van der Waals surface area contributed by atoms with Crippen molar-refractivity contribution < 1.29 is 14.4 Å². The molecule has 3 amide bonds. The van der Waals surface area contributed by atoms with E-state index < -0.39 is 11.8 Å². The van der Waals surface area contributed by atoms with Crippen molar-refractivity contribution in [3.63, 3.8) is 0 Å². The Hall–Kier alpha value is -3.10. The Bertz CT molecular complexity index is 724. The molecule has 2 N–H and O–H groups in total. The molecule has 0 atom stereocenters. The Kier molecular flexibility index (Phi) is 2.53. The summed E-state index contributed by atoms with van der Waals surface area (Å²) in [5, 5.41) is 15.0. The molecule has 1 aliphatic heterocycles. The number of anilines is 1. The highest BCUT2D eigenvalue weighted by Gasteiger charge is 2.32. The van der Waals surface area contributed by atoms with Crippen molar-refractivity contribution in [2.75, 3.05) is 12.4 Å². The summed E-state index contributed by atoms with van der Waals surface area (Å²) in [6.45, 7) is 0. The molecule has 100 valence electrons. The third kappa shape index (κ3) is 1.72. The van der Waals surface area contributed by atoms with Gasteiger partial charge in [0.25, 0.3) is 23.5 Å². The van der Waals surface area contributed by atoms with Crippen molar-refractivity contribution in [2.45, 2.75) is 0 Å².